The van der Waals surface area contributed by atoms with Gasteiger partial charge >= 0.3 is 6.18 Å². The highest BCUT2D eigenvalue weighted by Gasteiger charge is 2.33. The van der Waals surface area contributed by atoms with Gasteiger partial charge in [-0.05, 0) is 25.0 Å². The molecule has 0 atom stereocenters. The molecule has 0 unspecified atom stereocenters. The zero-order valence-electron chi connectivity index (χ0n) is 10.5. The largest absolute Gasteiger partial charge is 0.435 e. The Morgan fingerprint density at radius 2 is 1.84 bits per heavy atom. The third kappa shape index (κ3) is 3.79. The van der Waals surface area contributed by atoms with E-state index in [0.29, 0.717) is 12.4 Å². The van der Waals surface area contributed by atoms with E-state index in [1.165, 1.54) is 12.5 Å². The molecule has 1 aromatic heterocycles. The van der Waals surface area contributed by atoms with Crippen LogP contribution in [-0.4, -0.2) is 22.3 Å². The third-order valence-corrected chi connectivity index (χ3v) is 3.43. The van der Waals surface area contributed by atoms with Crippen LogP contribution in [0.2, 0.25) is 0 Å². The van der Waals surface area contributed by atoms with Crippen LogP contribution in [0.4, 0.5) is 19.0 Å². The number of alkyl halides is 3. The van der Waals surface area contributed by atoms with Gasteiger partial charge in [0.2, 0.25) is 0 Å². The van der Waals surface area contributed by atoms with Crippen LogP contribution in [0.15, 0.2) is 12.1 Å². The Morgan fingerprint density at radius 1 is 1.16 bits per heavy atom. The zero-order valence-corrected chi connectivity index (χ0v) is 10.5. The zero-order chi connectivity index (χ0) is 13.9. The standard InChI is InChI=1S/C12H17F3N4/c13-12(14,15)9-4-5-10(19-18-9)17-8-11(16)6-2-1-3-7-11/h4-5H,1-3,6-8,16H2,(H,17,19). The highest BCUT2D eigenvalue weighted by molar-refractivity contribution is 5.34. The van der Waals surface area contributed by atoms with Gasteiger partial charge in [0, 0.05) is 12.1 Å². The van der Waals surface area contributed by atoms with Crippen molar-refractivity contribution in [3.05, 3.63) is 17.8 Å². The molecule has 3 N–H and O–H groups in total. The van der Waals surface area contributed by atoms with Crippen LogP contribution in [-0.2, 0) is 6.18 Å². The van der Waals surface area contributed by atoms with Gasteiger partial charge in [0.05, 0.1) is 0 Å². The van der Waals surface area contributed by atoms with E-state index in [1.807, 2.05) is 0 Å². The predicted molar refractivity (Wildman–Crippen MR) is 65.5 cm³/mol. The number of hydrogen-bond acceptors (Lipinski definition) is 4. The summed E-state index contributed by atoms with van der Waals surface area (Å²) in [6.45, 7) is 0.507. The molecule has 0 radical (unpaired) electrons. The molecule has 0 aliphatic heterocycles. The number of hydrogen-bond donors (Lipinski definition) is 2. The number of nitrogens with one attached hydrogen (secondary N) is 1. The Morgan fingerprint density at radius 3 is 2.37 bits per heavy atom. The van der Waals surface area contributed by atoms with E-state index in [0.717, 1.165) is 31.7 Å². The first-order valence-corrected chi connectivity index (χ1v) is 6.33. The summed E-state index contributed by atoms with van der Waals surface area (Å²) >= 11 is 0. The molecule has 0 aromatic carbocycles. The van der Waals surface area contributed by atoms with E-state index in [2.05, 4.69) is 15.5 Å². The highest BCUT2D eigenvalue weighted by atomic mass is 19.4. The SMILES string of the molecule is NC1(CNc2ccc(C(F)(F)F)nn2)CCCCC1. The molecule has 0 saturated heterocycles. The van der Waals surface area contributed by atoms with E-state index in [9.17, 15) is 13.2 Å². The van der Waals surface area contributed by atoms with Crippen LogP contribution in [0.3, 0.4) is 0 Å². The second-order valence-corrected chi connectivity index (χ2v) is 5.08. The molecule has 1 heterocycles. The maximum atomic E-state index is 12.3. The van der Waals surface area contributed by atoms with E-state index in [4.69, 9.17) is 5.73 Å². The molecule has 0 bridgehead atoms. The fraction of sp³-hybridized carbons (Fsp3) is 0.667. The average Bonchev–Trinajstić information content (AvgIpc) is 2.37. The minimum absolute atomic E-state index is 0.289. The van der Waals surface area contributed by atoms with E-state index >= 15 is 0 Å². The van der Waals surface area contributed by atoms with Gasteiger partial charge in [-0.1, -0.05) is 19.3 Å². The summed E-state index contributed by atoms with van der Waals surface area (Å²) in [6.07, 6.45) is 0.777. The topological polar surface area (TPSA) is 63.8 Å². The van der Waals surface area contributed by atoms with Gasteiger partial charge in [0.1, 0.15) is 5.82 Å². The predicted octanol–water partition coefficient (Wildman–Crippen LogP) is 2.57. The number of halogens is 3. The molecule has 1 aromatic rings. The third-order valence-electron chi connectivity index (χ3n) is 3.43. The van der Waals surface area contributed by atoms with Crippen molar-refractivity contribution in [3.63, 3.8) is 0 Å². The van der Waals surface area contributed by atoms with Crippen LogP contribution < -0.4 is 11.1 Å². The second kappa shape index (κ2) is 5.32. The van der Waals surface area contributed by atoms with Crippen molar-refractivity contribution in [2.24, 2.45) is 5.73 Å². The van der Waals surface area contributed by atoms with Crippen LogP contribution in [0.1, 0.15) is 37.8 Å². The average molecular weight is 274 g/mol. The highest BCUT2D eigenvalue weighted by Crippen LogP contribution is 2.28. The molecule has 0 spiro atoms. The summed E-state index contributed by atoms with van der Waals surface area (Å²) in [5.74, 6) is 0.323. The van der Waals surface area contributed by atoms with Crippen molar-refractivity contribution in [2.75, 3.05) is 11.9 Å². The Balaban J connectivity index is 1.93. The number of nitrogens with two attached hydrogens (primary N) is 1. The normalized spacial score (nSPS) is 19.2. The van der Waals surface area contributed by atoms with Gasteiger partial charge in [-0.3, -0.25) is 0 Å². The lowest BCUT2D eigenvalue weighted by Crippen LogP contribution is -2.47. The molecule has 0 amide bonds. The molecule has 1 fully saturated rings. The first kappa shape index (κ1) is 14.0. The van der Waals surface area contributed by atoms with Gasteiger partial charge in [0.25, 0.3) is 0 Å². The molecule has 19 heavy (non-hydrogen) atoms. The lowest BCUT2D eigenvalue weighted by atomic mass is 9.82. The molecule has 7 heteroatoms. The summed E-state index contributed by atoms with van der Waals surface area (Å²) < 4.78 is 36.9. The molecule has 2 rings (SSSR count). The summed E-state index contributed by atoms with van der Waals surface area (Å²) in [4.78, 5) is 0. The molecule has 4 nitrogen and oxygen atoms in total. The van der Waals surface area contributed by atoms with Gasteiger partial charge < -0.3 is 11.1 Å². The minimum Gasteiger partial charge on any atom is -0.367 e. The lowest BCUT2D eigenvalue weighted by molar-refractivity contribution is -0.141. The van der Waals surface area contributed by atoms with Gasteiger partial charge in [0.15, 0.2) is 5.69 Å². The number of aromatic nitrogens is 2. The van der Waals surface area contributed by atoms with Crippen molar-refractivity contribution in [2.45, 2.75) is 43.8 Å². The maximum Gasteiger partial charge on any atom is 0.435 e. The smallest absolute Gasteiger partial charge is 0.367 e. The minimum atomic E-state index is -4.45. The first-order chi connectivity index (χ1) is 8.89. The Labute approximate surface area is 109 Å². The molecule has 106 valence electrons. The quantitative estimate of drug-likeness (QED) is 0.889. The van der Waals surface area contributed by atoms with Crippen molar-refractivity contribution in [1.82, 2.24) is 10.2 Å². The Hall–Kier alpha value is -1.37. The summed E-state index contributed by atoms with van der Waals surface area (Å²) in [7, 11) is 0. The van der Waals surface area contributed by atoms with Crippen molar-refractivity contribution in [1.29, 1.82) is 0 Å². The lowest BCUT2D eigenvalue weighted by Gasteiger charge is -2.33. The van der Waals surface area contributed by atoms with Gasteiger partial charge in [-0.25, -0.2) is 0 Å². The van der Waals surface area contributed by atoms with E-state index < -0.39 is 11.9 Å². The molecular weight excluding hydrogens is 257 g/mol. The molecule has 1 aliphatic rings. The first-order valence-electron chi connectivity index (χ1n) is 6.33. The Bertz CT molecular complexity index is 410. The molecular formula is C12H17F3N4. The number of rotatable bonds is 3. The van der Waals surface area contributed by atoms with Crippen LogP contribution in [0.25, 0.3) is 0 Å². The fourth-order valence-electron chi connectivity index (χ4n) is 2.28. The summed E-state index contributed by atoms with van der Waals surface area (Å²) in [5, 5.41) is 9.65. The van der Waals surface area contributed by atoms with Crippen LogP contribution in [0, 0.1) is 0 Å². The van der Waals surface area contributed by atoms with Crippen LogP contribution >= 0.6 is 0 Å². The number of nitrogens with zero attached hydrogens (tertiary/aromatic N) is 2. The van der Waals surface area contributed by atoms with Gasteiger partial charge in [-0.2, -0.15) is 13.2 Å². The molecule has 1 saturated carbocycles. The molecule has 1 aliphatic carbocycles. The summed E-state index contributed by atoms with van der Waals surface area (Å²) in [6, 6.07) is 2.20. The van der Waals surface area contributed by atoms with Crippen molar-refractivity contribution < 1.29 is 13.2 Å². The fourth-order valence-corrected chi connectivity index (χ4v) is 2.28. The second-order valence-electron chi connectivity index (χ2n) is 5.08. The maximum absolute atomic E-state index is 12.3. The summed E-state index contributed by atoms with van der Waals surface area (Å²) in [5.41, 5.74) is 4.94. The van der Waals surface area contributed by atoms with Crippen molar-refractivity contribution >= 4 is 5.82 Å². The monoisotopic (exact) mass is 274 g/mol. The van der Waals surface area contributed by atoms with E-state index in [-0.39, 0.29) is 5.54 Å². The van der Waals surface area contributed by atoms with E-state index in [1.54, 1.807) is 0 Å². The van der Waals surface area contributed by atoms with Crippen LogP contribution in [0.5, 0.6) is 0 Å². The Kier molecular flexibility index (Phi) is 3.93. The van der Waals surface area contributed by atoms with Crippen molar-refractivity contribution in [3.8, 4) is 0 Å². The van der Waals surface area contributed by atoms with Gasteiger partial charge in [-0.15, -0.1) is 10.2 Å². The number of anilines is 1.